The number of rotatable bonds is 1. The van der Waals surface area contributed by atoms with E-state index in [0.29, 0.717) is 0 Å². The van der Waals surface area contributed by atoms with E-state index in [9.17, 15) is 0 Å². The van der Waals surface area contributed by atoms with Crippen LogP contribution < -0.4 is 4.57 Å². The number of aromatic nitrogens is 1. The average Bonchev–Trinajstić information content (AvgIpc) is 3.03. The van der Waals surface area contributed by atoms with Gasteiger partial charge in [0.15, 0.2) is 6.20 Å². The second-order valence-corrected chi connectivity index (χ2v) is 7.56. The van der Waals surface area contributed by atoms with Gasteiger partial charge < -0.3 is 4.42 Å². The molecule has 5 aromatic rings. The Hall–Kier alpha value is -3.13. The highest BCUT2D eigenvalue weighted by Gasteiger charge is 2.22. The van der Waals surface area contributed by atoms with Crippen molar-refractivity contribution in [2.24, 2.45) is 7.05 Å². The van der Waals surface area contributed by atoms with Crippen LogP contribution in [0.2, 0.25) is 0 Å². The molecule has 0 fully saturated rings. The maximum absolute atomic E-state index is 6.58. The summed E-state index contributed by atoms with van der Waals surface area (Å²) in [7, 11) is 2.10. The van der Waals surface area contributed by atoms with Crippen molar-refractivity contribution in [3.05, 3.63) is 77.5 Å². The Kier molecular flexibility index (Phi) is 3.38. The maximum Gasteiger partial charge on any atom is 0.216 e. The molecule has 2 heterocycles. The molecule has 2 heteroatoms. The van der Waals surface area contributed by atoms with Gasteiger partial charge in [-0.15, -0.1) is 0 Å². The number of pyridine rings is 1. The van der Waals surface area contributed by atoms with Gasteiger partial charge in [-0.25, -0.2) is 4.57 Å². The van der Waals surface area contributed by atoms with Gasteiger partial charge in [-0.1, -0.05) is 36.4 Å². The molecule has 27 heavy (non-hydrogen) atoms. The third kappa shape index (κ3) is 2.30. The Labute approximate surface area is 158 Å². The zero-order chi connectivity index (χ0) is 18.7. The maximum atomic E-state index is 6.58. The van der Waals surface area contributed by atoms with Crippen molar-refractivity contribution in [2.45, 2.75) is 20.8 Å². The topological polar surface area (TPSA) is 17.0 Å². The van der Waals surface area contributed by atoms with E-state index in [2.05, 4.69) is 93.2 Å². The third-order valence-electron chi connectivity index (χ3n) is 5.57. The molecular weight excluding hydrogens is 330 g/mol. The van der Waals surface area contributed by atoms with Crippen LogP contribution >= 0.6 is 0 Å². The number of fused-ring (bicyclic) bond motifs is 5. The highest BCUT2D eigenvalue weighted by Crippen LogP contribution is 2.41. The molecule has 132 valence electrons. The molecule has 0 N–H and O–H groups in total. The lowest BCUT2D eigenvalue weighted by molar-refractivity contribution is -0.660. The first kappa shape index (κ1) is 16.1. The monoisotopic (exact) mass is 352 g/mol. The summed E-state index contributed by atoms with van der Waals surface area (Å²) in [5.41, 5.74) is 8.06. The van der Waals surface area contributed by atoms with Crippen molar-refractivity contribution in [3.63, 3.8) is 0 Å². The summed E-state index contributed by atoms with van der Waals surface area (Å²) in [4.78, 5) is 0. The van der Waals surface area contributed by atoms with Crippen LogP contribution in [0.4, 0.5) is 0 Å². The van der Waals surface area contributed by atoms with Crippen LogP contribution in [0.5, 0.6) is 0 Å². The number of furan rings is 1. The summed E-state index contributed by atoms with van der Waals surface area (Å²) in [6.07, 6.45) is 2.17. The van der Waals surface area contributed by atoms with E-state index in [0.717, 1.165) is 11.2 Å². The Morgan fingerprint density at radius 2 is 1.59 bits per heavy atom. The lowest BCUT2D eigenvalue weighted by Crippen LogP contribution is -2.31. The number of hydrogen-bond acceptors (Lipinski definition) is 1. The van der Waals surface area contributed by atoms with E-state index in [1.165, 1.54) is 49.5 Å². The predicted octanol–water partition coefficient (Wildman–Crippen LogP) is 6.16. The van der Waals surface area contributed by atoms with E-state index in [1.807, 2.05) is 0 Å². The smallest absolute Gasteiger partial charge is 0.216 e. The van der Waals surface area contributed by atoms with Gasteiger partial charge in [0.05, 0.1) is 5.56 Å². The Balaban J connectivity index is 1.98. The number of nitrogens with zero attached hydrogens (tertiary/aromatic N) is 1. The molecule has 0 saturated heterocycles. The standard InChI is InChI=1S/C25H22NO/c1-15-9-12-21(26(4)14-15)23-17(3)13-16(2)22-20-11-10-18-7-5-6-8-19(18)24(20)27-25(22)23/h5-14H,1-4H3/q+1. The summed E-state index contributed by atoms with van der Waals surface area (Å²) < 4.78 is 8.78. The largest absolute Gasteiger partial charge is 0.454 e. The van der Waals surface area contributed by atoms with Crippen molar-refractivity contribution in [2.75, 3.05) is 0 Å². The third-order valence-corrected chi connectivity index (χ3v) is 5.57. The van der Waals surface area contributed by atoms with Crippen LogP contribution in [0.25, 0.3) is 44.0 Å². The van der Waals surface area contributed by atoms with Crippen molar-refractivity contribution >= 4 is 32.7 Å². The fourth-order valence-electron chi connectivity index (χ4n) is 4.36. The molecule has 0 amide bonds. The van der Waals surface area contributed by atoms with Crippen LogP contribution in [0.1, 0.15) is 16.7 Å². The van der Waals surface area contributed by atoms with Crippen molar-refractivity contribution < 1.29 is 8.98 Å². The van der Waals surface area contributed by atoms with E-state index in [-0.39, 0.29) is 0 Å². The molecule has 0 saturated carbocycles. The summed E-state index contributed by atoms with van der Waals surface area (Å²) in [5.74, 6) is 0. The van der Waals surface area contributed by atoms with Crippen LogP contribution in [0, 0.1) is 20.8 Å². The number of benzene rings is 3. The zero-order valence-electron chi connectivity index (χ0n) is 16.1. The van der Waals surface area contributed by atoms with Gasteiger partial charge in [-0.3, -0.25) is 0 Å². The molecule has 0 aliphatic carbocycles. The molecular formula is C25H22NO+. The first-order valence-electron chi connectivity index (χ1n) is 9.35. The second-order valence-electron chi connectivity index (χ2n) is 7.56. The summed E-state index contributed by atoms with van der Waals surface area (Å²) >= 11 is 0. The first-order valence-corrected chi connectivity index (χ1v) is 9.35. The van der Waals surface area contributed by atoms with Crippen molar-refractivity contribution in [1.29, 1.82) is 0 Å². The van der Waals surface area contributed by atoms with Crippen LogP contribution in [-0.2, 0) is 7.05 Å². The van der Waals surface area contributed by atoms with Gasteiger partial charge in [0, 0.05) is 27.8 Å². The molecule has 0 aliphatic heterocycles. The fourth-order valence-corrected chi connectivity index (χ4v) is 4.36. The minimum atomic E-state index is 0.979. The van der Waals surface area contributed by atoms with E-state index >= 15 is 0 Å². The van der Waals surface area contributed by atoms with Gasteiger partial charge in [0.25, 0.3) is 0 Å². The predicted molar refractivity (Wildman–Crippen MR) is 112 cm³/mol. The lowest BCUT2D eigenvalue weighted by atomic mass is 9.96. The quantitative estimate of drug-likeness (QED) is 0.330. The Bertz CT molecular complexity index is 1360. The molecule has 3 aromatic carbocycles. The normalized spacial score (nSPS) is 11.7. The van der Waals surface area contributed by atoms with Gasteiger partial charge >= 0.3 is 0 Å². The summed E-state index contributed by atoms with van der Waals surface area (Å²) in [6, 6.07) is 19.5. The van der Waals surface area contributed by atoms with Gasteiger partial charge in [0.1, 0.15) is 18.2 Å². The van der Waals surface area contributed by atoms with E-state index in [1.54, 1.807) is 0 Å². The number of aryl methyl sites for hydroxylation is 4. The van der Waals surface area contributed by atoms with E-state index < -0.39 is 0 Å². The Morgan fingerprint density at radius 3 is 2.41 bits per heavy atom. The fraction of sp³-hybridized carbons (Fsp3) is 0.160. The molecule has 0 unspecified atom stereocenters. The van der Waals surface area contributed by atoms with Gasteiger partial charge in [-0.2, -0.15) is 0 Å². The summed E-state index contributed by atoms with van der Waals surface area (Å²) in [6.45, 7) is 6.47. The minimum absolute atomic E-state index is 0.979. The number of hydrogen-bond donors (Lipinski definition) is 0. The average molecular weight is 352 g/mol. The molecule has 5 rings (SSSR count). The molecule has 0 atom stereocenters. The van der Waals surface area contributed by atoms with Crippen LogP contribution in [0.3, 0.4) is 0 Å². The highest BCUT2D eigenvalue weighted by molar-refractivity contribution is 6.18. The molecule has 2 aromatic heterocycles. The lowest BCUT2D eigenvalue weighted by Gasteiger charge is -2.08. The molecule has 0 bridgehead atoms. The van der Waals surface area contributed by atoms with Crippen molar-refractivity contribution in [1.82, 2.24) is 0 Å². The van der Waals surface area contributed by atoms with Crippen molar-refractivity contribution in [3.8, 4) is 11.3 Å². The molecule has 2 nitrogen and oxygen atoms in total. The zero-order valence-corrected chi connectivity index (χ0v) is 16.1. The highest BCUT2D eigenvalue weighted by atomic mass is 16.3. The van der Waals surface area contributed by atoms with Crippen LogP contribution in [-0.4, -0.2) is 0 Å². The van der Waals surface area contributed by atoms with Crippen LogP contribution in [0.15, 0.2) is 65.2 Å². The van der Waals surface area contributed by atoms with Gasteiger partial charge in [-0.05, 0) is 49.4 Å². The summed E-state index contributed by atoms with van der Waals surface area (Å²) in [5, 5.41) is 4.79. The van der Waals surface area contributed by atoms with E-state index in [4.69, 9.17) is 4.42 Å². The second kappa shape index (κ2) is 5.68. The molecule has 0 aliphatic rings. The van der Waals surface area contributed by atoms with Gasteiger partial charge in [0.2, 0.25) is 5.69 Å². The first-order chi connectivity index (χ1) is 13.0. The Morgan fingerprint density at radius 1 is 0.778 bits per heavy atom. The minimum Gasteiger partial charge on any atom is -0.454 e. The molecule has 0 spiro atoms. The molecule has 0 radical (unpaired) electrons. The SMILES string of the molecule is Cc1ccc(-c2c(C)cc(C)c3c2oc2c4ccccc4ccc23)[n+](C)c1.